The highest BCUT2D eigenvalue weighted by Crippen LogP contribution is 2.20. The molecule has 1 N–H and O–H groups in total. The SMILES string of the molecule is COC(=O)C(Cl)CNC(=O)c1cc(C)c(C)s1. The van der Waals surface area contributed by atoms with Crippen molar-refractivity contribution in [2.75, 3.05) is 13.7 Å². The molecule has 6 heteroatoms. The van der Waals surface area contributed by atoms with Crippen LogP contribution in [0.25, 0.3) is 0 Å². The van der Waals surface area contributed by atoms with Crippen molar-refractivity contribution in [3.63, 3.8) is 0 Å². The lowest BCUT2D eigenvalue weighted by atomic mass is 10.3. The first-order valence-electron chi connectivity index (χ1n) is 5.02. The van der Waals surface area contributed by atoms with Gasteiger partial charge in [-0.2, -0.15) is 0 Å². The lowest BCUT2D eigenvalue weighted by Crippen LogP contribution is -2.33. The smallest absolute Gasteiger partial charge is 0.325 e. The third-order valence-corrected chi connectivity index (χ3v) is 3.77. The van der Waals surface area contributed by atoms with Gasteiger partial charge < -0.3 is 10.1 Å². The molecular weight excluding hydrogens is 262 g/mol. The van der Waals surface area contributed by atoms with Crippen LogP contribution in [0.3, 0.4) is 0 Å². The van der Waals surface area contributed by atoms with Gasteiger partial charge in [-0.05, 0) is 25.5 Å². The van der Waals surface area contributed by atoms with E-state index in [-0.39, 0.29) is 12.5 Å². The topological polar surface area (TPSA) is 55.4 Å². The second-order valence-corrected chi connectivity index (χ2v) is 5.33. The standard InChI is InChI=1S/C11H14ClNO3S/c1-6-4-9(17-7(6)2)10(14)13-5-8(12)11(15)16-3/h4,8H,5H2,1-3H3,(H,13,14). The van der Waals surface area contributed by atoms with Crippen molar-refractivity contribution in [1.82, 2.24) is 5.32 Å². The summed E-state index contributed by atoms with van der Waals surface area (Å²) in [7, 11) is 1.26. The van der Waals surface area contributed by atoms with Gasteiger partial charge in [0.25, 0.3) is 5.91 Å². The van der Waals surface area contributed by atoms with E-state index >= 15 is 0 Å². The lowest BCUT2D eigenvalue weighted by Gasteiger charge is -2.07. The van der Waals surface area contributed by atoms with Gasteiger partial charge in [-0.15, -0.1) is 22.9 Å². The van der Waals surface area contributed by atoms with Crippen LogP contribution in [-0.4, -0.2) is 30.9 Å². The maximum absolute atomic E-state index is 11.7. The Morgan fingerprint density at radius 3 is 2.65 bits per heavy atom. The van der Waals surface area contributed by atoms with E-state index in [4.69, 9.17) is 11.6 Å². The van der Waals surface area contributed by atoms with Crippen molar-refractivity contribution in [3.8, 4) is 0 Å². The predicted octanol–water partition coefficient (Wildman–Crippen LogP) is 1.88. The number of esters is 1. The van der Waals surface area contributed by atoms with Crippen LogP contribution in [0.1, 0.15) is 20.1 Å². The van der Waals surface area contributed by atoms with Crippen LogP contribution < -0.4 is 5.32 Å². The third-order valence-electron chi connectivity index (χ3n) is 2.29. The largest absolute Gasteiger partial charge is 0.468 e. The fraction of sp³-hybridized carbons (Fsp3) is 0.455. The summed E-state index contributed by atoms with van der Waals surface area (Å²) in [5.41, 5.74) is 1.08. The number of ether oxygens (including phenoxy) is 1. The number of hydrogen-bond acceptors (Lipinski definition) is 4. The zero-order chi connectivity index (χ0) is 13.0. The van der Waals surface area contributed by atoms with Gasteiger partial charge >= 0.3 is 5.97 Å². The van der Waals surface area contributed by atoms with Gasteiger partial charge in [0, 0.05) is 11.4 Å². The summed E-state index contributed by atoms with van der Waals surface area (Å²) in [5.74, 6) is -0.772. The summed E-state index contributed by atoms with van der Waals surface area (Å²) in [6.07, 6.45) is 0. The van der Waals surface area contributed by atoms with Gasteiger partial charge in [-0.25, -0.2) is 0 Å². The Morgan fingerprint density at radius 2 is 2.18 bits per heavy atom. The van der Waals surface area contributed by atoms with Gasteiger partial charge in [-0.1, -0.05) is 0 Å². The molecule has 0 aliphatic rings. The quantitative estimate of drug-likeness (QED) is 0.674. The highest BCUT2D eigenvalue weighted by molar-refractivity contribution is 7.14. The van der Waals surface area contributed by atoms with Crippen molar-refractivity contribution in [1.29, 1.82) is 0 Å². The first-order chi connectivity index (χ1) is 7.95. The Labute approximate surface area is 109 Å². The van der Waals surface area contributed by atoms with E-state index in [0.717, 1.165) is 10.4 Å². The van der Waals surface area contributed by atoms with E-state index in [9.17, 15) is 9.59 Å². The molecule has 1 aromatic rings. The van der Waals surface area contributed by atoms with Gasteiger partial charge in [0.2, 0.25) is 0 Å². The van der Waals surface area contributed by atoms with Crippen LogP contribution in [0.5, 0.6) is 0 Å². The van der Waals surface area contributed by atoms with Crippen LogP contribution in [0.2, 0.25) is 0 Å². The maximum atomic E-state index is 11.7. The number of nitrogens with one attached hydrogen (secondary N) is 1. The lowest BCUT2D eigenvalue weighted by molar-refractivity contribution is -0.140. The zero-order valence-corrected chi connectivity index (χ0v) is 11.4. The highest BCUT2D eigenvalue weighted by Gasteiger charge is 2.18. The average molecular weight is 276 g/mol. The molecule has 0 aromatic carbocycles. The van der Waals surface area contributed by atoms with Crippen LogP contribution in [-0.2, 0) is 9.53 Å². The molecule has 1 amide bonds. The van der Waals surface area contributed by atoms with Crippen molar-refractivity contribution in [2.24, 2.45) is 0 Å². The fourth-order valence-corrected chi connectivity index (χ4v) is 2.28. The number of amides is 1. The highest BCUT2D eigenvalue weighted by atomic mass is 35.5. The summed E-state index contributed by atoms with van der Waals surface area (Å²) in [6, 6.07) is 1.82. The Hall–Kier alpha value is -1.07. The van der Waals surface area contributed by atoms with Gasteiger partial charge in [-0.3, -0.25) is 9.59 Å². The molecule has 0 fully saturated rings. The number of carbonyl (C=O) groups excluding carboxylic acids is 2. The van der Waals surface area contributed by atoms with Crippen molar-refractivity contribution < 1.29 is 14.3 Å². The molecule has 94 valence electrons. The van der Waals surface area contributed by atoms with E-state index in [1.807, 2.05) is 19.9 Å². The van der Waals surface area contributed by atoms with Crippen LogP contribution in [0, 0.1) is 13.8 Å². The van der Waals surface area contributed by atoms with Gasteiger partial charge in [0.1, 0.15) is 5.38 Å². The van der Waals surface area contributed by atoms with Crippen molar-refractivity contribution in [3.05, 3.63) is 21.4 Å². The Kier molecular flexibility index (Phi) is 4.96. The molecule has 0 aliphatic carbocycles. The molecule has 0 aliphatic heterocycles. The van der Waals surface area contributed by atoms with Crippen LogP contribution in [0.15, 0.2) is 6.07 Å². The molecule has 4 nitrogen and oxygen atoms in total. The van der Waals surface area contributed by atoms with E-state index < -0.39 is 11.3 Å². The molecule has 1 atom stereocenters. The molecule has 0 saturated heterocycles. The number of hydrogen-bond donors (Lipinski definition) is 1. The van der Waals surface area contributed by atoms with Gasteiger partial charge in [0.15, 0.2) is 0 Å². The molecule has 1 heterocycles. The number of thiophene rings is 1. The molecule has 0 bridgehead atoms. The minimum absolute atomic E-state index is 0.0586. The minimum atomic E-state index is -0.855. The van der Waals surface area contributed by atoms with E-state index in [1.54, 1.807) is 0 Å². The van der Waals surface area contributed by atoms with E-state index in [1.165, 1.54) is 18.4 Å². The Balaban J connectivity index is 2.53. The van der Waals surface area contributed by atoms with E-state index in [2.05, 4.69) is 10.1 Å². The van der Waals surface area contributed by atoms with Crippen molar-refractivity contribution in [2.45, 2.75) is 19.2 Å². The number of methoxy groups -OCH3 is 1. The van der Waals surface area contributed by atoms with Crippen LogP contribution >= 0.6 is 22.9 Å². The second-order valence-electron chi connectivity index (χ2n) is 3.55. The minimum Gasteiger partial charge on any atom is -0.468 e. The summed E-state index contributed by atoms with van der Waals surface area (Å²) in [5, 5.41) is 1.74. The summed E-state index contributed by atoms with van der Waals surface area (Å²) in [6.45, 7) is 3.96. The number of carbonyl (C=O) groups is 2. The number of aryl methyl sites for hydroxylation is 2. The molecular formula is C11H14ClNO3S. The molecule has 0 spiro atoms. The molecule has 0 saturated carbocycles. The number of alkyl halides is 1. The predicted molar refractivity (Wildman–Crippen MR) is 67.8 cm³/mol. The third kappa shape index (κ3) is 3.71. The molecule has 1 aromatic heterocycles. The van der Waals surface area contributed by atoms with Crippen molar-refractivity contribution >= 4 is 34.8 Å². The Morgan fingerprint density at radius 1 is 1.53 bits per heavy atom. The second kappa shape index (κ2) is 6.02. The molecule has 17 heavy (non-hydrogen) atoms. The normalized spacial score (nSPS) is 12.0. The Bertz CT molecular complexity index is 411. The number of halogens is 1. The summed E-state index contributed by atoms with van der Waals surface area (Å²) in [4.78, 5) is 24.5. The summed E-state index contributed by atoms with van der Waals surface area (Å²) < 4.78 is 4.45. The number of rotatable bonds is 4. The molecule has 0 radical (unpaired) electrons. The zero-order valence-electron chi connectivity index (χ0n) is 9.87. The van der Waals surface area contributed by atoms with E-state index in [0.29, 0.717) is 4.88 Å². The monoisotopic (exact) mass is 275 g/mol. The molecule has 1 unspecified atom stereocenters. The summed E-state index contributed by atoms with van der Waals surface area (Å²) >= 11 is 7.13. The maximum Gasteiger partial charge on any atom is 0.325 e. The van der Waals surface area contributed by atoms with Gasteiger partial charge in [0.05, 0.1) is 12.0 Å². The average Bonchev–Trinajstić information content (AvgIpc) is 2.65. The first kappa shape index (κ1) is 14.0. The fourth-order valence-electron chi connectivity index (χ4n) is 1.17. The van der Waals surface area contributed by atoms with Crippen LogP contribution in [0.4, 0.5) is 0 Å². The first-order valence-corrected chi connectivity index (χ1v) is 6.28. The molecule has 1 rings (SSSR count).